The highest BCUT2D eigenvalue weighted by Crippen LogP contribution is 2.21. The number of halogens is 3. The van der Waals surface area contributed by atoms with Crippen LogP contribution in [0.25, 0.3) is 0 Å². The number of hydrogen-bond donors (Lipinski definition) is 2. The zero-order chi connectivity index (χ0) is 16.9. The third-order valence-electron chi connectivity index (χ3n) is 4.04. The van der Waals surface area contributed by atoms with Crippen LogP contribution in [0.4, 0.5) is 13.2 Å². The molecule has 1 amide bonds. The Morgan fingerprint density at radius 2 is 1.87 bits per heavy atom. The van der Waals surface area contributed by atoms with E-state index in [0.29, 0.717) is 32.5 Å². The van der Waals surface area contributed by atoms with E-state index in [4.69, 9.17) is 0 Å². The number of carbonyl (C=O) groups is 1. The summed E-state index contributed by atoms with van der Waals surface area (Å²) in [6.45, 7) is 0.363. The van der Waals surface area contributed by atoms with Gasteiger partial charge >= 0.3 is 6.18 Å². The van der Waals surface area contributed by atoms with Crippen LogP contribution < -0.4 is 5.32 Å². The molecule has 0 aromatic heterocycles. The molecule has 1 aliphatic heterocycles. The van der Waals surface area contributed by atoms with E-state index < -0.39 is 24.7 Å². The molecule has 2 N–H and O–H groups in total. The smallest absolute Gasteiger partial charge is 0.387 e. The number of rotatable bonds is 5. The Kier molecular flexibility index (Phi) is 6.01. The number of piperidine rings is 1. The van der Waals surface area contributed by atoms with Gasteiger partial charge in [0.05, 0.1) is 6.10 Å². The minimum absolute atomic E-state index is 0.387. The first-order valence-corrected chi connectivity index (χ1v) is 7.65. The fraction of sp³-hybridized carbons (Fsp3) is 0.562. The molecule has 2 rings (SSSR count). The molecule has 1 aromatic carbocycles. The molecule has 0 radical (unpaired) electrons. The molecule has 1 aliphatic rings. The van der Waals surface area contributed by atoms with Crippen molar-refractivity contribution < 1.29 is 23.1 Å². The fourth-order valence-corrected chi connectivity index (χ4v) is 2.73. The number of amides is 1. The van der Waals surface area contributed by atoms with Crippen molar-refractivity contribution in [2.75, 3.05) is 26.2 Å². The Morgan fingerprint density at radius 1 is 1.26 bits per heavy atom. The van der Waals surface area contributed by atoms with E-state index in [-0.39, 0.29) is 5.92 Å². The topological polar surface area (TPSA) is 52.6 Å². The second kappa shape index (κ2) is 7.79. The van der Waals surface area contributed by atoms with Gasteiger partial charge in [-0.1, -0.05) is 30.3 Å². The van der Waals surface area contributed by atoms with Crippen molar-refractivity contribution in [3.63, 3.8) is 0 Å². The summed E-state index contributed by atoms with van der Waals surface area (Å²) in [6.07, 6.45) is -3.97. The van der Waals surface area contributed by atoms with Gasteiger partial charge in [-0.3, -0.25) is 4.79 Å². The highest BCUT2D eigenvalue weighted by atomic mass is 19.4. The molecular weight excluding hydrogens is 309 g/mol. The Morgan fingerprint density at radius 3 is 2.43 bits per heavy atom. The Hall–Kier alpha value is -1.60. The van der Waals surface area contributed by atoms with Gasteiger partial charge in [0, 0.05) is 12.5 Å². The predicted molar refractivity (Wildman–Crippen MR) is 79.6 cm³/mol. The van der Waals surface area contributed by atoms with Gasteiger partial charge in [-0.05, 0) is 31.5 Å². The molecule has 128 valence electrons. The maximum Gasteiger partial charge on any atom is 0.405 e. The molecule has 1 aromatic rings. The van der Waals surface area contributed by atoms with Crippen LogP contribution in [0.5, 0.6) is 0 Å². The molecule has 0 spiro atoms. The van der Waals surface area contributed by atoms with Gasteiger partial charge in [0.15, 0.2) is 0 Å². The molecule has 0 unspecified atom stereocenters. The number of carbonyl (C=O) groups excluding carboxylic acids is 1. The van der Waals surface area contributed by atoms with Crippen LogP contribution in [0, 0.1) is 5.92 Å². The molecular formula is C16H21F3N2O2. The SMILES string of the molecule is O=C(NCC(F)(F)F)C1CCN(C[C@@H](O)c2ccccc2)CC1. The Labute approximate surface area is 133 Å². The molecule has 7 heteroatoms. The molecule has 4 nitrogen and oxygen atoms in total. The van der Waals surface area contributed by atoms with Gasteiger partial charge in [-0.2, -0.15) is 13.2 Å². The van der Waals surface area contributed by atoms with E-state index in [1.54, 1.807) is 0 Å². The van der Waals surface area contributed by atoms with Crippen molar-refractivity contribution in [1.82, 2.24) is 10.2 Å². The minimum atomic E-state index is -4.38. The van der Waals surface area contributed by atoms with Crippen LogP contribution in [0.15, 0.2) is 30.3 Å². The molecule has 0 bridgehead atoms. The number of nitrogens with one attached hydrogen (secondary N) is 1. The van der Waals surface area contributed by atoms with E-state index >= 15 is 0 Å². The second-order valence-electron chi connectivity index (χ2n) is 5.83. The van der Waals surface area contributed by atoms with Gasteiger partial charge in [0.1, 0.15) is 6.54 Å². The van der Waals surface area contributed by atoms with Crippen molar-refractivity contribution in [3.05, 3.63) is 35.9 Å². The number of hydrogen-bond acceptors (Lipinski definition) is 3. The molecule has 1 heterocycles. The Bertz CT molecular complexity index is 500. The summed E-state index contributed by atoms with van der Waals surface area (Å²) in [5.41, 5.74) is 0.831. The third-order valence-corrected chi connectivity index (χ3v) is 4.04. The number of nitrogens with zero attached hydrogens (tertiary/aromatic N) is 1. The van der Waals surface area contributed by atoms with Crippen LogP contribution in [0.1, 0.15) is 24.5 Å². The van der Waals surface area contributed by atoms with Crippen LogP contribution in [0.3, 0.4) is 0 Å². The highest BCUT2D eigenvalue weighted by Gasteiger charge is 2.31. The van der Waals surface area contributed by atoms with Gasteiger partial charge in [0.25, 0.3) is 0 Å². The largest absolute Gasteiger partial charge is 0.405 e. The zero-order valence-electron chi connectivity index (χ0n) is 12.7. The lowest BCUT2D eigenvalue weighted by molar-refractivity contribution is -0.141. The lowest BCUT2D eigenvalue weighted by Crippen LogP contribution is -2.43. The van der Waals surface area contributed by atoms with Crippen molar-refractivity contribution in [2.45, 2.75) is 25.1 Å². The first-order valence-electron chi connectivity index (χ1n) is 7.65. The number of likely N-dealkylation sites (tertiary alicyclic amines) is 1. The average molecular weight is 330 g/mol. The summed E-state index contributed by atoms with van der Waals surface area (Å²) in [7, 11) is 0. The fourth-order valence-electron chi connectivity index (χ4n) is 2.73. The van der Waals surface area contributed by atoms with Crippen molar-refractivity contribution in [3.8, 4) is 0 Å². The summed E-state index contributed by atoms with van der Waals surface area (Å²) >= 11 is 0. The quantitative estimate of drug-likeness (QED) is 0.869. The highest BCUT2D eigenvalue weighted by molar-refractivity contribution is 5.78. The van der Waals surface area contributed by atoms with Crippen LogP contribution in [-0.4, -0.2) is 48.3 Å². The van der Waals surface area contributed by atoms with Crippen molar-refractivity contribution in [2.24, 2.45) is 5.92 Å². The maximum absolute atomic E-state index is 12.1. The maximum atomic E-state index is 12.1. The van der Waals surface area contributed by atoms with E-state index in [2.05, 4.69) is 0 Å². The summed E-state index contributed by atoms with van der Waals surface area (Å²) < 4.78 is 36.3. The van der Waals surface area contributed by atoms with E-state index in [1.807, 2.05) is 40.5 Å². The lowest BCUT2D eigenvalue weighted by Gasteiger charge is -2.32. The van der Waals surface area contributed by atoms with Gasteiger partial charge in [-0.25, -0.2) is 0 Å². The molecule has 23 heavy (non-hydrogen) atoms. The zero-order valence-corrected chi connectivity index (χ0v) is 12.7. The van der Waals surface area contributed by atoms with Gasteiger partial charge in [0.2, 0.25) is 5.91 Å². The summed E-state index contributed by atoms with van der Waals surface area (Å²) in [4.78, 5) is 13.7. The molecule has 0 aliphatic carbocycles. The molecule has 1 atom stereocenters. The number of benzene rings is 1. The molecule has 0 saturated carbocycles. The number of aliphatic hydroxyl groups excluding tert-OH is 1. The monoisotopic (exact) mass is 330 g/mol. The second-order valence-corrected chi connectivity index (χ2v) is 5.83. The van der Waals surface area contributed by atoms with E-state index in [1.165, 1.54) is 0 Å². The van der Waals surface area contributed by atoms with Crippen LogP contribution in [-0.2, 0) is 4.79 Å². The summed E-state index contributed by atoms with van der Waals surface area (Å²) in [5.74, 6) is -0.923. The number of alkyl halides is 3. The molecule has 1 fully saturated rings. The van der Waals surface area contributed by atoms with Gasteiger partial charge < -0.3 is 15.3 Å². The van der Waals surface area contributed by atoms with Crippen LogP contribution >= 0.6 is 0 Å². The standard InChI is InChI=1S/C16H21F3N2O2/c17-16(18,19)11-20-15(23)13-6-8-21(9-7-13)10-14(22)12-4-2-1-3-5-12/h1-5,13-14,22H,6-11H2,(H,20,23)/t14-/m1/s1. The number of aliphatic hydroxyl groups is 1. The number of β-amino-alcohol motifs (C(OH)–C–C–N with tert-alkyl or cyclic N) is 1. The first-order chi connectivity index (χ1) is 10.8. The van der Waals surface area contributed by atoms with Gasteiger partial charge in [-0.15, -0.1) is 0 Å². The lowest BCUT2D eigenvalue weighted by atomic mass is 9.95. The minimum Gasteiger partial charge on any atom is -0.387 e. The first kappa shape index (κ1) is 17.7. The normalized spacial score (nSPS) is 18.6. The predicted octanol–water partition coefficient (Wildman–Crippen LogP) is 2.11. The Balaban J connectivity index is 1.74. The van der Waals surface area contributed by atoms with E-state index in [0.717, 1.165) is 5.56 Å². The van der Waals surface area contributed by atoms with E-state index in [9.17, 15) is 23.1 Å². The summed E-state index contributed by atoms with van der Waals surface area (Å²) in [5, 5.41) is 12.1. The van der Waals surface area contributed by atoms with Crippen LogP contribution in [0.2, 0.25) is 0 Å². The van der Waals surface area contributed by atoms with Crippen molar-refractivity contribution in [1.29, 1.82) is 0 Å². The third kappa shape index (κ3) is 5.84. The average Bonchev–Trinajstić information content (AvgIpc) is 2.53. The van der Waals surface area contributed by atoms with Crippen molar-refractivity contribution >= 4 is 5.91 Å². The molecule has 1 saturated heterocycles. The summed E-state index contributed by atoms with van der Waals surface area (Å²) in [6, 6.07) is 9.29.